The van der Waals surface area contributed by atoms with Gasteiger partial charge in [0.2, 0.25) is 10.0 Å². The number of rotatable bonds is 6. The lowest BCUT2D eigenvalue weighted by Gasteiger charge is -2.30. The number of piperidine rings is 1. The van der Waals surface area contributed by atoms with Gasteiger partial charge in [0.15, 0.2) is 0 Å². The summed E-state index contributed by atoms with van der Waals surface area (Å²) in [6.45, 7) is 4.09. The van der Waals surface area contributed by atoms with E-state index in [-0.39, 0.29) is 30.1 Å². The van der Waals surface area contributed by atoms with Gasteiger partial charge in [0.25, 0.3) is 0 Å². The molecular formula is C23H28FN3O5S. The quantitative estimate of drug-likeness (QED) is 0.508. The fraction of sp³-hybridized carbons (Fsp3) is 0.391. The molecule has 0 unspecified atom stereocenters. The van der Waals surface area contributed by atoms with Crippen molar-refractivity contribution < 1.29 is 27.1 Å². The number of sulfonamides is 1. The average Bonchev–Trinajstić information content (AvgIpc) is 2.79. The molecule has 178 valence electrons. The Labute approximate surface area is 193 Å². The third-order valence-electron chi connectivity index (χ3n) is 5.40. The molecule has 1 N–H and O–H groups in total. The number of benzene rings is 2. The molecule has 1 fully saturated rings. The normalized spacial score (nSPS) is 15.3. The molecule has 3 rings (SSSR count). The summed E-state index contributed by atoms with van der Waals surface area (Å²) in [5.74, 6) is -1.01. The van der Waals surface area contributed by atoms with E-state index in [0.717, 1.165) is 12.1 Å². The smallest absolute Gasteiger partial charge is 0.321 e. The standard InChI is InChI=1S/C23H28FN3O5S/c1-16(2)25-23(29)26(3)19-6-8-20(9-7-19)32-22(28)17-12-14-27(15-13-17)33(30,31)21-10-4-18(24)5-11-21/h4-11,16-17H,12-15H2,1-3H3,(H,25,29). The maximum absolute atomic E-state index is 13.1. The zero-order valence-electron chi connectivity index (χ0n) is 18.8. The number of hydrogen-bond donors (Lipinski definition) is 1. The number of nitrogens with zero attached hydrogens (tertiary/aromatic N) is 2. The van der Waals surface area contributed by atoms with Crippen molar-refractivity contribution in [3.8, 4) is 5.75 Å². The van der Waals surface area contributed by atoms with E-state index in [2.05, 4.69) is 5.32 Å². The summed E-state index contributed by atoms with van der Waals surface area (Å²) in [6.07, 6.45) is 0.658. The summed E-state index contributed by atoms with van der Waals surface area (Å²) < 4.78 is 45.3. The van der Waals surface area contributed by atoms with Gasteiger partial charge in [-0.3, -0.25) is 9.69 Å². The van der Waals surface area contributed by atoms with Crippen LogP contribution in [0.2, 0.25) is 0 Å². The fourth-order valence-corrected chi connectivity index (χ4v) is 4.96. The van der Waals surface area contributed by atoms with Gasteiger partial charge in [-0.15, -0.1) is 0 Å². The van der Waals surface area contributed by atoms with Crippen molar-refractivity contribution in [2.24, 2.45) is 5.92 Å². The van der Waals surface area contributed by atoms with E-state index in [1.54, 1.807) is 31.3 Å². The summed E-state index contributed by atoms with van der Waals surface area (Å²) in [6, 6.07) is 11.0. The Bertz CT molecular complexity index is 1080. The Morgan fingerprint density at radius 1 is 1.06 bits per heavy atom. The maximum atomic E-state index is 13.1. The zero-order chi connectivity index (χ0) is 24.2. The summed E-state index contributed by atoms with van der Waals surface area (Å²) >= 11 is 0. The molecule has 2 amide bonds. The molecule has 0 saturated carbocycles. The molecule has 33 heavy (non-hydrogen) atoms. The van der Waals surface area contributed by atoms with Crippen LogP contribution in [0.4, 0.5) is 14.9 Å². The maximum Gasteiger partial charge on any atom is 0.321 e. The number of nitrogens with one attached hydrogen (secondary N) is 1. The fourth-order valence-electron chi connectivity index (χ4n) is 3.49. The molecule has 0 atom stereocenters. The third-order valence-corrected chi connectivity index (χ3v) is 7.31. The van der Waals surface area contributed by atoms with Gasteiger partial charge < -0.3 is 10.1 Å². The minimum atomic E-state index is -3.74. The molecule has 0 spiro atoms. The molecule has 1 saturated heterocycles. The third kappa shape index (κ3) is 6.08. The Morgan fingerprint density at radius 3 is 2.18 bits per heavy atom. The summed E-state index contributed by atoms with van der Waals surface area (Å²) in [4.78, 5) is 26.2. The van der Waals surface area contributed by atoms with Crippen molar-refractivity contribution in [1.82, 2.24) is 9.62 Å². The highest BCUT2D eigenvalue weighted by Crippen LogP contribution is 2.26. The van der Waals surface area contributed by atoms with Gasteiger partial charge in [0.05, 0.1) is 10.8 Å². The van der Waals surface area contributed by atoms with Crippen molar-refractivity contribution in [2.75, 3.05) is 25.0 Å². The van der Waals surface area contributed by atoms with E-state index in [4.69, 9.17) is 4.74 Å². The van der Waals surface area contributed by atoms with E-state index in [0.29, 0.717) is 24.3 Å². The van der Waals surface area contributed by atoms with Crippen LogP contribution in [0.25, 0.3) is 0 Å². The van der Waals surface area contributed by atoms with Crippen LogP contribution in [0.1, 0.15) is 26.7 Å². The van der Waals surface area contributed by atoms with E-state index >= 15 is 0 Å². The monoisotopic (exact) mass is 477 g/mol. The first kappa shape index (κ1) is 24.7. The van der Waals surface area contributed by atoms with Crippen LogP contribution in [0.5, 0.6) is 5.75 Å². The highest BCUT2D eigenvalue weighted by molar-refractivity contribution is 7.89. The highest BCUT2D eigenvalue weighted by atomic mass is 32.2. The first-order chi connectivity index (χ1) is 15.6. The number of ether oxygens (including phenoxy) is 1. The molecule has 0 radical (unpaired) electrons. The van der Waals surface area contributed by atoms with Crippen molar-refractivity contribution in [2.45, 2.75) is 37.6 Å². The van der Waals surface area contributed by atoms with Crippen LogP contribution < -0.4 is 15.0 Å². The summed E-state index contributed by atoms with van der Waals surface area (Å²) in [5.41, 5.74) is 0.646. The second-order valence-electron chi connectivity index (χ2n) is 8.21. The number of carbonyl (C=O) groups excluding carboxylic acids is 2. The Morgan fingerprint density at radius 2 is 1.64 bits per heavy atom. The van der Waals surface area contributed by atoms with Gasteiger partial charge in [-0.2, -0.15) is 4.31 Å². The van der Waals surface area contributed by atoms with E-state index in [1.807, 2.05) is 13.8 Å². The van der Waals surface area contributed by atoms with Crippen LogP contribution in [-0.4, -0.2) is 50.9 Å². The summed E-state index contributed by atoms with van der Waals surface area (Å²) in [5, 5.41) is 2.80. The number of carbonyl (C=O) groups is 2. The number of esters is 1. The molecule has 2 aromatic carbocycles. The van der Waals surface area contributed by atoms with Crippen molar-refractivity contribution in [3.05, 3.63) is 54.3 Å². The van der Waals surface area contributed by atoms with Gasteiger partial charge in [-0.1, -0.05) is 0 Å². The molecule has 8 nitrogen and oxygen atoms in total. The SMILES string of the molecule is CC(C)NC(=O)N(C)c1ccc(OC(=O)C2CCN(S(=O)(=O)c3ccc(F)cc3)CC2)cc1. The van der Waals surface area contributed by atoms with Crippen molar-refractivity contribution in [1.29, 1.82) is 0 Å². The van der Waals surface area contributed by atoms with Crippen LogP contribution in [0.3, 0.4) is 0 Å². The Kier molecular flexibility index (Phi) is 7.70. The lowest BCUT2D eigenvalue weighted by molar-refractivity contribution is -0.140. The van der Waals surface area contributed by atoms with Gasteiger partial charge in [0, 0.05) is 31.9 Å². The van der Waals surface area contributed by atoms with Gasteiger partial charge in [-0.05, 0) is 75.2 Å². The molecule has 1 aliphatic heterocycles. The van der Waals surface area contributed by atoms with Gasteiger partial charge in [0.1, 0.15) is 11.6 Å². The van der Waals surface area contributed by atoms with Gasteiger partial charge in [-0.25, -0.2) is 17.6 Å². The number of halogens is 1. The van der Waals surface area contributed by atoms with Crippen LogP contribution >= 0.6 is 0 Å². The molecule has 0 bridgehead atoms. The lowest BCUT2D eigenvalue weighted by Crippen LogP contribution is -2.41. The van der Waals surface area contributed by atoms with E-state index in [9.17, 15) is 22.4 Å². The minimum absolute atomic E-state index is 0.0114. The lowest BCUT2D eigenvalue weighted by atomic mass is 9.98. The number of anilines is 1. The Balaban J connectivity index is 1.55. The molecule has 2 aromatic rings. The van der Waals surface area contributed by atoms with Crippen LogP contribution in [0.15, 0.2) is 53.4 Å². The highest BCUT2D eigenvalue weighted by Gasteiger charge is 2.33. The number of amides is 2. The second-order valence-corrected chi connectivity index (χ2v) is 10.1. The Hall–Kier alpha value is -2.98. The zero-order valence-corrected chi connectivity index (χ0v) is 19.6. The van der Waals surface area contributed by atoms with Crippen LogP contribution in [0, 0.1) is 11.7 Å². The molecule has 1 aliphatic rings. The molecular weight excluding hydrogens is 449 g/mol. The second kappa shape index (κ2) is 10.3. The average molecular weight is 478 g/mol. The first-order valence-corrected chi connectivity index (χ1v) is 12.1. The summed E-state index contributed by atoms with van der Waals surface area (Å²) in [7, 11) is -2.09. The van der Waals surface area contributed by atoms with Gasteiger partial charge >= 0.3 is 12.0 Å². The number of urea groups is 1. The van der Waals surface area contributed by atoms with Crippen LogP contribution in [-0.2, 0) is 14.8 Å². The molecule has 1 heterocycles. The molecule has 10 heteroatoms. The number of hydrogen-bond acceptors (Lipinski definition) is 5. The first-order valence-electron chi connectivity index (χ1n) is 10.7. The topological polar surface area (TPSA) is 96.0 Å². The predicted octanol–water partition coefficient (Wildman–Crippen LogP) is 3.39. The van der Waals surface area contributed by atoms with Crippen molar-refractivity contribution in [3.63, 3.8) is 0 Å². The minimum Gasteiger partial charge on any atom is -0.426 e. The molecule has 0 aromatic heterocycles. The largest absolute Gasteiger partial charge is 0.426 e. The van der Waals surface area contributed by atoms with E-state index in [1.165, 1.54) is 21.3 Å². The van der Waals surface area contributed by atoms with E-state index < -0.39 is 27.7 Å². The molecule has 0 aliphatic carbocycles. The predicted molar refractivity (Wildman–Crippen MR) is 122 cm³/mol. The van der Waals surface area contributed by atoms with Crippen molar-refractivity contribution >= 4 is 27.7 Å².